The molecule has 1 saturated carbocycles. The predicted octanol–water partition coefficient (Wildman–Crippen LogP) is 1.08. The fraction of sp³-hybridized carbons (Fsp3) is 0.750. The summed E-state index contributed by atoms with van der Waals surface area (Å²) in [5, 5.41) is 17.2. The van der Waals surface area contributed by atoms with Crippen molar-refractivity contribution in [3.63, 3.8) is 0 Å². The Morgan fingerprint density at radius 2 is 2.11 bits per heavy atom. The lowest BCUT2D eigenvalue weighted by Gasteiger charge is -2.40. The normalized spacial score (nSPS) is 18.8. The fourth-order valence-electron chi connectivity index (χ4n) is 2.29. The number of aromatic nitrogens is 3. The molecular formula is C12H20N4O2S. The second kappa shape index (κ2) is 6.38. The van der Waals surface area contributed by atoms with Gasteiger partial charge < -0.3 is 10.8 Å². The van der Waals surface area contributed by atoms with E-state index < -0.39 is 12.0 Å². The van der Waals surface area contributed by atoms with Crippen molar-refractivity contribution in [2.45, 2.75) is 43.7 Å². The molecule has 6 nitrogen and oxygen atoms in total. The van der Waals surface area contributed by atoms with E-state index in [1.807, 2.05) is 4.80 Å². The number of hydrogen-bond donors (Lipinski definition) is 2. The molecule has 0 amide bonds. The van der Waals surface area contributed by atoms with Crippen LogP contribution in [0.1, 0.15) is 32.1 Å². The van der Waals surface area contributed by atoms with Crippen LogP contribution in [0.25, 0.3) is 0 Å². The van der Waals surface area contributed by atoms with Crippen molar-refractivity contribution < 1.29 is 9.90 Å². The number of nitrogens with two attached hydrogens (primary N) is 1. The highest BCUT2D eigenvalue weighted by molar-refractivity contribution is 7.99. The molecule has 106 valence electrons. The molecule has 1 fully saturated rings. The van der Waals surface area contributed by atoms with E-state index >= 15 is 0 Å². The molecule has 1 heterocycles. The van der Waals surface area contributed by atoms with Crippen LogP contribution in [-0.2, 0) is 10.3 Å². The summed E-state index contributed by atoms with van der Waals surface area (Å²) in [6.45, 7) is 0. The summed E-state index contributed by atoms with van der Waals surface area (Å²) in [5.74, 6) is 0.862. The van der Waals surface area contributed by atoms with E-state index in [1.54, 1.807) is 24.2 Å². The molecule has 1 unspecified atom stereocenters. The van der Waals surface area contributed by atoms with E-state index in [1.165, 1.54) is 6.42 Å². The number of nitrogens with zero attached hydrogens (tertiary/aromatic N) is 3. The van der Waals surface area contributed by atoms with Gasteiger partial charge in [0.05, 0.1) is 17.9 Å². The van der Waals surface area contributed by atoms with Crippen LogP contribution < -0.4 is 5.73 Å². The molecule has 1 aromatic heterocycles. The lowest BCUT2D eigenvalue weighted by atomic mass is 9.75. The zero-order valence-corrected chi connectivity index (χ0v) is 11.7. The average Bonchev–Trinajstić information content (AvgIpc) is 2.85. The van der Waals surface area contributed by atoms with Crippen molar-refractivity contribution in [2.24, 2.45) is 5.73 Å². The first-order valence-corrected chi connectivity index (χ1v) is 7.72. The summed E-state index contributed by atoms with van der Waals surface area (Å²) < 4.78 is 0. The van der Waals surface area contributed by atoms with Gasteiger partial charge in [-0.05, 0) is 43.6 Å². The first-order valence-electron chi connectivity index (χ1n) is 6.57. The van der Waals surface area contributed by atoms with Crippen LogP contribution in [0.3, 0.4) is 0 Å². The summed E-state index contributed by atoms with van der Waals surface area (Å²) in [6, 6.07) is -0.738. The van der Waals surface area contributed by atoms with Crippen LogP contribution in [0.15, 0.2) is 12.4 Å². The quantitative estimate of drug-likeness (QED) is 0.694. The lowest BCUT2D eigenvalue weighted by molar-refractivity contribution is -0.138. The number of carboxylic acids is 1. The lowest BCUT2D eigenvalue weighted by Crippen LogP contribution is -2.42. The summed E-state index contributed by atoms with van der Waals surface area (Å²) in [4.78, 5) is 12.4. The number of aliphatic carboxylic acids is 1. The molecule has 1 atom stereocenters. The third kappa shape index (κ3) is 3.48. The van der Waals surface area contributed by atoms with E-state index in [-0.39, 0.29) is 5.54 Å². The molecule has 0 radical (unpaired) electrons. The minimum atomic E-state index is -0.920. The maximum absolute atomic E-state index is 10.6. The molecule has 0 spiro atoms. The molecule has 19 heavy (non-hydrogen) atoms. The van der Waals surface area contributed by atoms with E-state index in [4.69, 9.17) is 10.8 Å². The minimum Gasteiger partial charge on any atom is -0.480 e. The standard InChI is InChI=1S/C12H20N4O2S/c13-10(11(17)18)2-8-19-9-5-12(3-1-4-12)16-14-6-7-15-16/h6-7,10H,1-5,8-9,13H2,(H,17,18). The zero-order valence-electron chi connectivity index (χ0n) is 10.9. The van der Waals surface area contributed by atoms with Crippen LogP contribution in [0.2, 0.25) is 0 Å². The second-order valence-corrected chi connectivity index (χ2v) is 6.22. The minimum absolute atomic E-state index is 0.103. The Morgan fingerprint density at radius 3 is 2.63 bits per heavy atom. The molecule has 0 aliphatic heterocycles. The van der Waals surface area contributed by atoms with Crippen molar-refractivity contribution in [1.82, 2.24) is 15.0 Å². The number of carbonyl (C=O) groups is 1. The Morgan fingerprint density at radius 1 is 1.42 bits per heavy atom. The highest BCUT2D eigenvalue weighted by Gasteiger charge is 2.39. The summed E-state index contributed by atoms with van der Waals surface area (Å²) in [6.07, 6.45) is 8.50. The monoisotopic (exact) mass is 284 g/mol. The smallest absolute Gasteiger partial charge is 0.320 e. The number of thioether (sulfide) groups is 1. The molecule has 3 N–H and O–H groups in total. The molecule has 7 heteroatoms. The molecular weight excluding hydrogens is 264 g/mol. The Kier molecular flexibility index (Phi) is 4.81. The van der Waals surface area contributed by atoms with Gasteiger partial charge in [0, 0.05) is 0 Å². The van der Waals surface area contributed by atoms with Crippen molar-refractivity contribution in [3.05, 3.63) is 12.4 Å². The molecule has 1 aliphatic rings. The van der Waals surface area contributed by atoms with Gasteiger partial charge >= 0.3 is 5.97 Å². The van der Waals surface area contributed by atoms with E-state index in [0.717, 1.165) is 30.8 Å². The molecule has 0 saturated heterocycles. The zero-order chi connectivity index (χ0) is 13.7. The first-order chi connectivity index (χ1) is 9.14. The van der Waals surface area contributed by atoms with Crippen LogP contribution in [0.5, 0.6) is 0 Å². The Labute approximate surface area is 116 Å². The third-order valence-corrected chi connectivity index (χ3v) is 4.75. The third-order valence-electron chi connectivity index (χ3n) is 3.73. The highest BCUT2D eigenvalue weighted by atomic mass is 32.2. The van der Waals surface area contributed by atoms with Crippen molar-refractivity contribution in [1.29, 1.82) is 0 Å². The molecule has 1 aromatic rings. The number of rotatable bonds is 8. The van der Waals surface area contributed by atoms with Gasteiger partial charge in [0.1, 0.15) is 6.04 Å². The van der Waals surface area contributed by atoms with Crippen LogP contribution in [0.4, 0.5) is 0 Å². The molecule has 0 aromatic carbocycles. The van der Waals surface area contributed by atoms with Crippen molar-refractivity contribution >= 4 is 17.7 Å². The van der Waals surface area contributed by atoms with Crippen LogP contribution in [0, 0.1) is 0 Å². The van der Waals surface area contributed by atoms with Gasteiger partial charge in [-0.1, -0.05) is 0 Å². The number of hydrogen-bond acceptors (Lipinski definition) is 5. The van der Waals surface area contributed by atoms with Gasteiger partial charge in [-0.3, -0.25) is 4.79 Å². The topological polar surface area (TPSA) is 94.0 Å². The average molecular weight is 284 g/mol. The molecule has 0 bridgehead atoms. The summed E-state index contributed by atoms with van der Waals surface area (Å²) in [7, 11) is 0. The Balaban J connectivity index is 1.69. The predicted molar refractivity (Wildman–Crippen MR) is 74.0 cm³/mol. The molecule has 1 aliphatic carbocycles. The van der Waals surface area contributed by atoms with Gasteiger partial charge in [-0.15, -0.1) is 0 Å². The maximum atomic E-state index is 10.6. The molecule has 2 rings (SSSR count). The van der Waals surface area contributed by atoms with Crippen molar-refractivity contribution in [3.8, 4) is 0 Å². The second-order valence-electron chi connectivity index (χ2n) is 4.99. The Hall–Kier alpha value is -1.08. The number of carboxylic acid groups (broad SMARTS) is 1. The Bertz CT molecular complexity index is 406. The highest BCUT2D eigenvalue weighted by Crippen LogP contribution is 2.41. The largest absolute Gasteiger partial charge is 0.480 e. The van der Waals surface area contributed by atoms with Gasteiger partial charge in [0.25, 0.3) is 0 Å². The van der Waals surface area contributed by atoms with Crippen LogP contribution in [-0.4, -0.2) is 43.6 Å². The van der Waals surface area contributed by atoms with E-state index in [2.05, 4.69) is 10.2 Å². The fourth-order valence-corrected chi connectivity index (χ4v) is 3.44. The summed E-state index contributed by atoms with van der Waals surface area (Å²) in [5.41, 5.74) is 5.56. The van der Waals surface area contributed by atoms with Crippen LogP contribution >= 0.6 is 11.8 Å². The van der Waals surface area contributed by atoms with E-state index in [9.17, 15) is 4.79 Å². The van der Waals surface area contributed by atoms with Gasteiger partial charge in [-0.25, -0.2) is 0 Å². The SMILES string of the molecule is NC(CCSCCC1(n2nccn2)CCC1)C(=O)O. The van der Waals surface area contributed by atoms with Crippen molar-refractivity contribution in [2.75, 3.05) is 11.5 Å². The summed E-state index contributed by atoms with van der Waals surface area (Å²) >= 11 is 1.76. The first kappa shape index (κ1) is 14.3. The van der Waals surface area contributed by atoms with Gasteiger partial charge in [-0.2, -0.15) is 26.8 Å². The maximum Gasteiger partial charge on any atom is 0.320 e. The van der Waals surface area contributed by atoms with Gasteiger partial charge in [0.2, 0.25) is 0 Å². The van der Waals surface area contributed by atoms with Gasteiger partial charge in [0.15, 0.2) is 0 Å². The van der Waals surface area contributed by atoms with E-state index in [0.29, 0.717) is 6.42 Å².